The second-order valence-corrected chi connectivity index (χ2v) is 12.4. The molecule has 5 rings (SSSR count). The third-order valence-corrected chi connectivity index (χ3v) is 9.56. The molecule has 8 heteroatoms. The van der Waals surface area contributed by atoms with Crippen LogP contribution in [0.5, 0.6) is 0 Å². The average molecular weight is 509 g/mol. The van der Waals surface area contributed by atoms with E-state index in [9.17, 15) is 8.42 Å². The Balaban J connectivity index is 1.33. The molecule has 0 N–H and O–H groups in total. The van der Waals surface area contributed by atoms with Crippen LogP contribution in [-0.4, -0.2) is 43.5 Å². The molecule has 3 aromatic rings. The molecule has 2 fully saturated rings. The van der Waals surface area contributed by atoms with Gasteiger partial charge in [-0.2, -0.15) is 9.29 Å². The van der Waals surface area contributed by atoms with E-state index < -0.39 is 16.1 Å². The molecule has 0 spiro atoms. The van der Waals surface area contributed by atoms with Crippen LogP contribution in [0.4, 0.5) is 5.69 Å². The molecule has 2 aromatic carbocycles. The molecule has 1 aliphatic heterocycles. The standard InChI is InChI=1S/C28H36N4O3S/c1-31(2)24-14-16-25(17-15-24)36(33,34)32-20-23(18-22-11-6-12-22)19-26(32)28-29-27(30-35-28)13-7-10-21-8-4-3-5-9-21/h3-5,8-9,14-17,22-23,26H,6-7,10-13,18-20H2,1-2H3. The second kappa shape index (κ2) is 10.7. The Morgan fingerprint density at radius 3 is 2.42 bits per heavy atom. The van der Waals surface area contributed by atoms with Crippen molar-refractivity contribution in [3.05, 3.63) is 71.9 Å². The summed E-state index contributed by atoms with van der Waals surface area (Å²) in [5, 5.41) is 4.21. The van der Waals surface area contributed by atoms with Gasteiger partial charge in [-0.05, 0) is 67.3 Å². The van der Waals surface area contributed by atoms with Crippen LogP contribution < -0.4 is 4.90 Å². The maximum Gasteiger partial charge on any atom is 0.245 e. The van der Waals surface area contributed by atoms with Crippen LogP contribution in [-0.2, 0) is 22.9 Å². The smallest absolute Gasteiger partial charge is 0.245 e. The van der Waals surface area contributed by atoms with E-state index in [4.69, 9.17) is 4.52 Å². The van der Waals surface area contributed by atoms with Crippen molar-refractivity contribution in [2.45, 2.75) is 62.3 Å². The molecule has 2 aliphatic rings. The van der Waals surface area contributed by atoms with E-state index in [0.717, 1.165) is 31.4 Å². The number of aryl methyl sites for hydroxylation is 2. The van der Waals surface area contributed by atoms with Gasteiger partial charge < -0.3 is 9.42 Å². The molecule has 1 saturated carbocycles. The molecule has 1 saturated heterocycles. The number of anilines is 1. The Bertz CT molecular complexity index is 1240. The van der Waals surface area contributed by atoms with Gasteiger partial charge in [0.2, 0.25) is 15.9 Å². The summed E-state index contributed by atoms with van der Waals surface area (Å²) < 4.78 is 34.8. The Labute approximate surface area is 214 Å². The van der Waals surface area contributed by atoms with Gasteiger partial charge in [0.25, 0.3) is 0 Å². The lowest BCUT2D eigenvalue weighted by atomic mass is 9.78. The number of benzene rings is 2. The van der Waals surface area contributed by atoms with Gasteiger partial charge in [-0.1, -0.05) is 54.8 Å². The monoisotopic (exact) mass is 508 g/mol. The topological polar surface area (TPSA) is 79.5 Å². The summed E-state index contributed by atoms with van der Waals surface area (Å²) in [6.07, 6.45) is 8.17. The summed E-state index contributed by atoms with van der Waals surface area (Å²) in [6.45, 7) is 0.505. The summed E-state index contributed by atoms with van der Waals surface area (Å²) >= 11 is 0. The van der Waals surface area contributed by atoms with Crippen molar-refractivity contribution in [2.75, 3.05) is 25.5 Å². The molecule has 7 nitrogen and oxygen atoms in total. The summed E-state index contributed by atoms with van der Waals surface area (Å²) in [4.78, 5) is 6.95. The van der Waals surface area contributed by atoms with Crippen LogP contribution in [0.15, 0.2) is 64.0 Å². The normalized spacial score (nSPS) is 20.9. The maximum atomic E-state index is 13.8. The lowest BCUT2D eigenvalue weighted by molar-refractivity contribution is 0.252. The van der Waals surface area contributed by atoms with Crippen LogP contribution in [0.3, 0.4) is 0 Å². The molecule has 1 aliphatic carbocycles. The molecule has 192 valence electrons. The highest BCUT2D eigenvalue weighted by atomic mass is 32.2. The third kappa shape index (κ3) is 5.49. The van der Waals surface area contributed by atoms with Crippen LogP contribution in [0, 0.1) is 11.8 Å². The van der Waals surface area contributed by atoms with E-state index in [1.54, 1.807) is 16.4 Å². The predicted molar refractivity (Wildman–Crippen MR) is 140 cm³/mol. The molecule has 0 amide bonds. The van der Waals surface area contributed by atoms with Gasteiger partial charge in [0.15, 0.2) is 5.82 Å². The molecule has 2 unspecified atom stereocenters. The number of rotatable bonds is 10. The van der Waals surface area contributed by atoms with Crippen LogP contribution in [0.25, 0.3) is 0 Å². The van der Waals surface area contributed by atoms with Gasteiger partial charge in [-0.25, -0.2) is 8.42 Å². The van der Waals surface area contributed by atoms with Crippen LogP contribution in [0.1, 0.15) is 61.8 Å². The van der Waals surface area contributed by atoms with Gasteiger partial charge in [-0.3, -0.25) is 0 Å². The number of sulfonamides is 1. The fourth-order valence-corrected chi connectivity index (χ4v) is 7.07. The highest BCUT2D eigenvalue weighted by Gasteiger charge is 2.44. The van der Waals surface area contributed by atoms with Crippen molar-refractivity contribution in [2.24, 2.45) is 11.8 Å². The Morgan fingerprint density at radius 2 is 1.75 bits per heavy atom. The molecule has 1 aromatic heterocycles. The minimum absolute atomic E-state index is 0.310. The van der Waals surface area contributed by atoms with E-state index in [-0.39, 0.29) is 0 Å². The second-order valence-electron chi connectivity index (χ2n) is 10.5. The predicted octanol–water partition coefficient (Wildman–Crippen LogP) is 5.25. The van der Waals surface area contributed by atoms with Crippen molar-refractivity contribution in [3.8, 4) is 0 Å². The first-order valence-corrected chi connectivity index (χ1v) is 14.5. The fourth-order valence-electron chi connectivity index (χ4n) is 5.40. The minimum atomic E-state index is -3.69. The number of hydrogen-bond acceptors (Lipinski definition) is 6. The van der Waals surface area contributed by atoms with E-state index in [0.29, 0.717) is 41.4 Å². The van der Waals surface area contributed by atoms with Crippen LogP contribution in [0.2, 0.25) is 0 Å². The maximum absolute atomic E-state index is 13.8. The first-order valence-electron chi connectivity index (χ1n) is 13.1. The van der Waals surface area contributed by atoms with Crippen molar-refractivity contribution in [3.63, 3.8) is 0 Å². The minimum Gasteiger partial charge on any atom is -0.378 e. The zero-order valence-electron chi connectivity index (χ0n) is 21.2. The zero-order valence-corrected chi connectivity index (χ0v) is 22.0. The Kier molecular flexibility index (Phi) is 7.44. The first-order chi connectivity index (χ1) is 17.4. The molecule has 0 radical (unpaired) electrons. The van der Waals surface area contributed by atoms with Gasteiger partial charge in [0.1, 0.15) is 6.04 Å². The van der Waals surface area contributed by atoms with Crippen molar-refractivity contribution in [1.29, 1.82) is 0 Å². The highest BCUT2D eigenvalue weighted by Crippen LogP contribution is 2.43. The van der Waals surface area contributed by atoms with E-state index in [2.05, 4.69) is 22.3 Å². The Morgan fingerprint density at radius 1 is 1.00 bits per heavy atom. The van der Waals surface area contributed by atoms with E-state index in [1.165, 1.54) is 24.8 Å². The van der Waals surface area contributed by atoms with Gasteiger partial charge in [0.05, 0.1) is 4.90 Å². The van der Waals surface area contributed by atoms with Gasteiger partial charge >= 0.3 is 0 Å². The lowest BCUT2D eigenvalue weighted by Gasteiger charge is -2.28. The van der Waals surface area contributed by atoms with Crippen molar-refractivity contribution in [1.82, 2.24) is 14.4 Å². The number of hydrogen-bond donors (Lipinski definition) is 0. The summed E-state index contributed by atoms with van der Waals surface area (Å²) in [6, 6.07) is 17.0. The SMILES string of the molecule is CN(C)c1ccc(S(=O)(=O)N2CC(CC3CCC3)CC2c2nc(CCCc3ccccc3)no2)cc1. The number of nitrogens with zero attached hydrogens (tertiary/aromatic N) is 4. The Hall–Kier alpha value is -2.71. The summed E-state index contributed by atoms with van der Waals surface area (Å²) in [7, 11) is 0.192. The molecular weight excluding hydrogens is 472 g/mol. The summed E-state index contributed by atoms with van der Waals surface area (Å²) in [5.41, 5.74) is 2.25. The molecule has 0 bridgehead atoms. The zero-order chi connectivity index (χ0) is 25.1. The highest BCUT2D eigenvalue weighted by molar-refractivity contribution is 7.89. The third-order valence-electron chi connectivity index (χ3n) is 7.67. The van der Waals surface area contributed by atoms with E-state index in [1.807, 2.05) is 49.3 Å². The average Bonchev–Trinajstić information content (AvgIpc) is 3.50. The van der Waals surface area contributed by atoms with Gasteiger partial charge in [0, 0.05) is 32.7 Å². The van der Waals surface area contributed by atoms with Crippen molar-refractivity contribution < 1.29 is 12.9 Å². The molecule has 2 heterocycles. The van der Waals surface area contributed by atoms with Crippen molar-refractivity contribution >= 4 is 15.7 Å². The quantitative estimate of drug-likeness (QED) is 0.372. The van der Waals surface area contributed by atoms with Crippen LogP contribution >= 0.6 is 0 Å². The van der Waals surface area contributed by atoms with E-state index >= 15 is 0 Å². The largest absolute Gasteiger partial charge is 0.378 e. The molecule has 2 atom stereocenters. The fraction of sp³-hybridized carbons (Fsp3) is 0.500. The molecular formula is C28H36N4O3S. The summed E-state index contributed by atoms with van der Waals surface area (Å²) in [5.74, 6) is 2.10. The lowest BCUT2D eigenvalue weighted by Crippen LogP contribution is -2.32. The number of aromatic nitrogens is 2. The first kappa shape index (κ1) is 25.0. The van der Waals surface area contributed by atoms with Gasteiger partial charge in [-0.15, -0.1) is 0 Å². The molecule has 36 heavy (non-hydrogen) atoms.